The molecule has 4 heteroatoms. The van der Waals surface area contributed by atoms with Gasteiger partial charge < -0.3 is 5.32 Å². The first-order valence-electron chi connectivity index (χ1n) is 6.60. The quantitative estimate of drug-likeness (QED) is 0.885. The van der Waals surface area contributed by atoms with E-state index in [9.17, 15) is 4.39 Å². The summed E-state index contributed by atoms with van der Waals surface area (Å²) >= 11 is 6.03. The number of halogens is 2. The zero-order valence-corrected chi connectivity index (χ0v) is 11.5. The summed E-state index contributed by atoms with van der Waals surface area (Å²) in [4.78, 5) is 2.40. The van der Waals surface area contributed by atoms with Crippen molar-refractivity contribution in [3.8, 4) is 0 Å². The largest absolute Gasteiger partial charge is 0.315 e. The van der Waals surface area contributed by atoms with Gasteiger partial charge in [-0.3, -0.25) is 4.90 Å². The molecule has 0 radical (unpaired) electrons. The van der Waals surface area contributed by atoms with Gasteiger partial charge in [0.2, 0.25) is 0 Å². The van der Waals surface area contributed by atoms with Crippen LogP contribution in [0.2, 0.25) is 5.02 Å². The Morgan fingerprint density at radius 2 is 2.33 bits per heavy atom. The maximum Gasteiger partial charge on any atom is 0.142 e. The molecule has 1 fully saturated rings. The van der Waals surface area contributed by atoms with E-state index in [0.717, 1.165) is 44.6 Å². The van der Waals surface area contributed by atoms with Crippen LogP contribution in [0.3, 0.4) is 0 Å². The second-order valence-corrected chi connectivity index (χ2v) is 5.21. The second-order valence-electron chi connectivity index (χ2n) is 4.83. The van der Waals surface area contributed by atoms with Crippen molar-refractivity contribution < 1.29 is 4.39 Å². The summed E-state index contributed by atoms with van der Waals surface area (Å²) in [5.74, 6) is -0.324. The van der Waals surface area contributed by atoms with E-state index in [4.69, 9.17) is 11.6 Å². The fourth-order valence-electron chi connectivity index (χ4n) is 2.52. The average Bonchev–Trinajstić information content (AvgIpc) is 2.88. The van der Waals surface area contributed by atoms with Gasteiger partial charge in [0.1, 0.15) is 5.82 Å². The molecule has 1 aromatic rings. The summed E-state index contributed by atoms with van der Waals surface area (Å²) in [5.41, 5.74) is 0.886. The van der Waals surface area contributed by atoms with Crippen LogP contribution >= 0.6 is 11.6 Å². The highest BCUT2D eigenvalue weighted by Gasteiger charge is 2.22. The molecule has 1 N–H and O–H groups in total. The molecule has 100 valence electrons. The molecule has 1 aromatic carbocycles. The summed E-state index contributed by atoms with van der Waals surface area (Å²) in [6.45, 7) is 6.02. The SMILES string of the molecule is CCCN(Cc1cccc(F)c1Cl)C1CCNC1. The van der Waals surface area contributed by atoms with Gasteiger partial charge in [0.15, 0.2) is 0 Å². The van der Waals surface area contributed by atoms with Crippen LogP contribution in [-0.2, 0) is 6.54 Å². The standard InChI is InChI=1S/C14H20ClFN2/c1-2-8-18(12-6-7-17-9-12)10-11-4-3-5-13(16)14(11)15/h3-5,12,17H,2,6-10H2,1H3. The summed E-state index contributed by atoms with van der Waals surface area (Å²) in [5, 5.41) is 3.64. The second kappa shape index (κ2) is 6.50. The van der Waals surface area contributed by atoms with E-state index in [1.807, 2.05) is 6.07 Å². The van der Waals surface area contributed by atoms with Crippen molar-refractivity contribution in [2.24, 2.45) is 0 Å². The minimum absolute atomic E-state index is 0.268. The Bertz CT molecular complexity index is 391. The lowest BCUT2D eigenvalue weighted by Gasteiger charge is -2.28. The molecule has 0 bridgehead atoms. The summed E-state index contributed by atoms with van der Waals surface area (Å²) < 4.78 is 13.4. The Morgan fingerprint density at radius 3 is 3.00 bits per heavy atom. The predicted molar refractivity (Wildman–Crippen MR) is 73.4 cm³/mol. The summed E-state index contributed by atoms with van der Waals surface area (Å²) in [7, 11) is 0. The van der Waals surface area contributed by atoms with E-state index >= 15 is 0 Å². The van der Waals surface area contributed by atoms with E-state index in [0.29, 0.717) is 6.04 Å². The van der Waals surface area contributed by atoms with E-state index in [1.165, 1.54) is 6.07 Å². The first-order chi connectivity index (χ1) is 8.72. The molecule has 2 rings (SSSR count). The third-order valence-electron chi connectivity index (χ3n) is 3.47. The Morgan fingerprint density at radius 1 is 1.50 bits per heavy atom. The molecule has 0 saturated carbocycles. The van der Waals surface area contributed by atoms with Crippen molar-refractivity contribution in [3.63, 3.8) is 0 Å². The van der Waals surface area contributed by atoms with Gasteiger partial charge in [-0.25, -0.2) is 4.39 Å². The number of hydrogen-bond acceptors (Lipinski definition) is 2. The molecule has 1 saturated heterocycles. The van der Waals surface area contributed by atoms with Gasteiger partial charge in [0, 0.05) is 19.1 Å². The fourth-order valence-corrected chi connectivity index (χ4v) is 2.70. The Hall–Kier alpha value is -0.640. The molecule has 2 nitrogen and oxygen atoms in total. The molecule has 1 unspecified atom stereocenters. The van der Waals surface area contributed by atoms with Crippen LogP contribution in [0.4, 0.5) is 4.39 Å². The number of nitrogens with zero attached hydrogens (tertiary/aromatic N) is 1. The van der Waals surface area contributed by atoms with Crippen LogP contribution in [-0.4, -0.2) is 30.6 Å². The third-order valence-corrected chi connectivity index (χ3v) is 3.89. The van der Waals surface area contributed by atoms with Crippen molar-refractivity contribution >= 4 is 11.6 Å². The van der Waals surface area contributed by atoms with E-state index < -0.39 is 0 Å². The molecule has 0 spiro atoms. The van der Waals surface area contributed by atoms with Crippen molar-refractivity contribution in [2.45, 2.75) is 32.4 Å². The van der Waals surface area contributed by atoms with Crippen LogP contribution in [0.5, 0.6) is 0 Å². The van der Waals surface area contributed by atoms with Crippen LogP contribution in [0.15, 0.2) is 18.2 Å². The number of benzene rings is 1. The third kappa shape index (κ3) is 3.22. The molecular weight excluding hydrogens is 251 g/mol. The monoisotopic (exact) mass is 270 g/mol. The van der Waals surface area contributed by atoms with Crippen LogP contribution in [0.25, 0.3) is 0 Å². The van der Waals surface area contributed by atoms with Gasteiger partial charge in [-0.2, -0.15) is 0 Å². The maximum absolute atomic E-state index is 13.4. The molecule has 1 atom stereocenters. The lowest BCUT2D eigenvalue weighted by atomic mass is 10.1. The fraction of sp³-hybridized carbons (Fsp3) is 0.571. The van der Waals surface area contributed by atoms with E-state index in [2.05, 4.69) is 17.1 Å². The Labute approximate surface area is 113 Å². The lowest BCUT2D eigenvalue weighted by Crippen LogP contribution is -2.37. The van der Waals surface area contributed by atoms with Crippen LogP contribution in [0.1, 0.15) is 25.3 Å². The van der Waals surface area contributed by atoms with Crippen LogP contribution in [0, 0.1) is 5.82 Å². The molecule has 0 aromatic heterocycles. The topological polar surface area (TPSA) is 15.3 Å². The van der Waals surface area contributed by atoms with Crippen molar-refractivity contribution in [3.05, 3.63) is 34.6 Å². The van der Waals surface area contributed by atoms with Gasteiger partial charge in [-0.1, -0.05) is 30.7 Å². The molecule has 0 aliphatic carbocycles. The first-order valence-corrected chi connectivity index (χ1v) is 6.97. The molecule has 1 heterocycles. The Balaban J connectivity index is 2.10. The van der Waals surface area contributed by atoms with Gasteiger partial charge in [-0.15, -0.1) is 0 Å². The average molecular weight is 271 g/mol. The lowest BCUT2D eigenvalue weighted by molar-refractivity contribution is 0.199. The van der Waals surface area contributed by atoms with Crippen LogP contribution < -0.4 is 5.32 Å². The minimum atomic E-state index is -0.324. The highest BCUT2D eigenvalue weighted by Crippen LogP contribution is 2.23. The predicted octanol–water partition coefficient (Wildman–Crippen LogP) is 3.05. The maximum atomic E-state index is 13.4. The van der Waals surface area contributed by atoms with Crippen molar-refractivity contribution in [1.29, 1.82) is 0 Å². The Kier molecular flexibility index (Phi) is 4.98. The number of rotatable bonds is 5. The van der Waals surface area contributed by atoms with Crippen molar-refractivity contribution in [2.75, 3.05) is 19.6 Å². The van der Waals surface area contributed by atoms with E-state index in [-0.39, 0.29) is 10.8 Å². The molecule has 1 aliphatic heterocycles. The van der Waals surface area contributed by atoms with Gasteiger partial charge in [0.05, 0.1) is 5.02 Å². The molecule has 18 heavy (non-hydrogen) atoms. The molecular formula is C14H20ClFN2. The van der Waals surface area contributed by atoms with Gasteiger partial charge in [0.25, 0.3) is 0 Å². The smallest absolute Gasteiger partial charge is 0.142 e. The minimum Gasteiger partial charge on any atom is -0.315 e. The van der Waals surface area contributed by atoms with Gasteiger partial charge >= 0.3 is 0 Å². The summed E-state index contributed by atoms with van der Waals surface area (Å²) in [6, 6.07) is 5.60. The molecule has 1 aliphatic rings. The normalized spacial score (nSPS) is 19.7. The molecule has 0 amide bonds. The summed E-state index contributed by atoms with van der Waals surface area (Å²) in [6.07, 6.45) is 2.26. The number of nitrogens with one attached hydrogen (secondary N) is 1. The zero-order chi connectivity index (χ0) is 13.0. The zero-order valence-electron chi connectivity index (χ0n) is 10.8. The van der Waals surface area contributed by atoms with Crippen molar-refractivity contribution in [1.82, 2.24) is 10.2 Å². The number of hydrogen-bond donors (Lipinski definition) is 1. The first kappa shape index (κ1) is 13.8. The van der Waals surface area contributed by atoms with E-state index in [1.54, 1.807) is 6.07 Å². The highest BCUT2D eigenvalue weighted by molar-refractivity contribution is 6.31. The van der Waals surface area contributed by atoms with Gasteiger partial charge in [-0.05, 0) is 37.6 Å². The highest BCUT2D eigenvalue weighted by atomic mass is 35.5.